The number of hydrogen-bond acceptors (Lipinski definition) is 6. The maximum Gasteiger partial charge on any atom is 0.336 e. The second kappa shape index (κ2) is 8.86. The van der Waals surface area contributed by atoms with Crippen molar-refractivity contribution in [2.24, 2.45) is 0 Å². The fourth-order valence-electron chi connectivity index (χ4n) is 3.45. The van der Waals surface area contributed by atoms with E-state index in [2.05, 4.69) is 15.4 Å². The lowest BCUT2D eigenvalue weighted by Gasteiger charge is -2.09. The molecule has 0 saturated heterocycles. The second-order valence-electron chi connectivity index (χ2n) is 7.87. The van der Waals surface area contributed by atoms with Gasteiger partial charge in [0.2, 0.25) is 6.79 Å². The third-order valence-electron chi connectivity index (χ3n) is 5.04. The van der Waals surface area contributed by atoms with E-state index >= 15 is 0 Å². The van der Waals surface area contributed by atoms with Crippen LogP contribution in [0, 0.1) is 5.82 Å². The molecule has 3 aromatic carbocycles. The monoisotopic (exact) mass is 460 g/mol. The van der Waals surface area contributed by atoms with Crippen LogP contribution in [-0.4, -0.2) is 33.6 Å². The smallest absolute Gasteiger partial charge is 0.336 e. The predicted octanol–water partition coefficient (Wildman–Crippen LogP) is 4.84. The molecule has 0 fully saturated rings. The average Bonchev–Trinajstić information content (AvgIpc) is 3.46. The number of aromatic nitrogens is 3. The van der Waals surface area contributed by atoms with Crippen LogP contribution in [0.1, 0.15) is 24.2 Å². The van der Waals surface area contributed by atoms with Crippen molar-refractivity contribution in [1.29, 1.82) is 0 Å². The first kappa shape index (κ1) is 21.4. The molecular formula is C25H21FN4O4. The van der Waals surface area contributed by atoms with Gasteiger partial charge in [-0.1, -0.05) is 0 Å². The number of rotatable bonds is 6. The third kappa shape index (κ3) is 4.40. The topological polar surface area (TPSA) is 87.5 Å². The van der Waals surface area contributed by atoms with Crippen LogP contribution >= 0.6 is 0 Å². The van der Waals surface area contributed by atoms with Gasteiger partial charge < -0.3 is 19.5 Å². The zero-order chi connectivity index (χ0) is 23.7. The van der Waals surface area contributed by atoms with Gasteiger partial charge in [-0.3, -0.25) is 4.79 Å². The van der Waals surface area contributed by atoms with E-state index in [1.165, 1.54) is 24.3 Å². The van der Waals surface area contributed by atoms with Crippen molar-refractivity contribution in [3.63, 3.8) is 0 Å². The van der Waals surface area contributed by atoms with Gasteiger partial charge >= 0.3 is 6.01 Å². The summed E-state index contributed by atoms with van der Waals surface area (Å²) in [6.45, 7) is 3.98. The summed E-state index contributed by atoms with van der Waals surface area (Å²) < 4.78 is 31.4. The Morgan fingerprint density at radius 1 is 1.03 bits per heavy atom. The minimum atomic E-state index is -0.396. The number of fused-ring (bicyclic) bond motifs is 1. The maximum absolute atomic E-state index is 13.1. The van der Waals surface area contributed by atoms with Crippen LogP contribution in [0.5, 0.6) is 17.5 Å². The van der Waals surface area contributed by atoms with Gasteiger partial charge in [0.1, 0.15) is 5.82 Å². The quantitative estimate of drug-likeness (QED) is 0.443. The van der Waals surface area contributed by atoms with E-state index in [1.54, 1.807) is 16.8 Å². The zero-order valence-electron chi connectivity index (χ0n) is 18.5. The van der Waals surface area contributed by atoms with E-state index in [4.69, 9.17) is 14.2 Å². The summed E-state index contributed by atoms with van der Waals surface area (Å²) in [4.78, 5) is 17.0. The lowest BCUT2D eigenvalue weighted by atomic mass is 10.2. The van der Waals surface area contributed by atoms with Gasteiger partial charge in [-0.2, -0.15) is 4.98 Å². The number of nitrogens with one attached hydrogen (secondary N) is 1. The van der Waals surface area contributed by atoms with E-state index < -0.39 is 5.82 Å². The Labute approximate surface area is 194 Å². The van der Waals surface area contributed by atoms with Crippen molar-refractivity contribution in [3.05, 3.63) is 78.1 Å². The molecule has 0 bridgehead atoms. The molecule has 34 heavy (non-hydrogen) atoms. The summed E-state index contributed by atoms with van der Waals surface area (Å²) in [5.41, 5.74) is 2.45. The molecule has 5 rings (SSSR count). The summed E-state index contributed by atoms with van der Waals surface area (Å²) in [7, 11) is 0. The normalized spacial score (nSPS) is 12.1. The first-order chi connectivity index (χ1) is 16.5. The molecular weight excluding hydrogens is 439 g/mol. The van der Waals surface area contributed by atoms with Gasteiger partial charge in [-0.05, 0) is 80.6 Å². The van der Waals surface area contributed by atoms with Crippen molar-refractivity contribution in [2.45, 2.75) is 20.0 Å². The molecule has 0 radical (unpaired) electrons. The number of nitrogens with zero attached hydrogens (tertiary/aromatic N) is 3. The molecule has 8 nitrogen and oxygen atoms in total. The average molecular weight is 460 g/mol. The number of benzene rings is 3. The van der Waals surface area contributed by atoms with Crippen LogP contribution in [0.4, 0.5) is 10.1 Å². The Balaban J connectivity index is 1.44. The summed E-state index contributed by atoms with van der Waals surface area (Å²) in [5.74, 6) is 1.15. The van der Waals surface area contributed by atoms with Crippen molar-refractivity contribution < 1.29 is 23.4 Å². The van der Waals surface area contributed by atoms with Crippen molar-refractivity contribution in [2.75, 3.05) is 12.1 Å². The standard InChI is InChI=1S/C25H21FN4O4/c1-15(2)34-25-28-23(17-5-12-21-22(13-17)33-14-32-21)30(29-25)20-10-8-19(9-11-20)27-24(31)16-3-6-18(26)7-4-16/h3-13,15H,14H2,1-2H3,(H,27,31). The van der Waals surface area contributed by atoms with Crippen LogP contribution in [0.2, 0.25) is 0 Å². The van der Waals surface area contributed by atoms with E-state index in [-0.39, 0.29) is 24.8 Å². The van der Waals surface area contributed by atoms with E-state index in [0.717, 1.165) is 11.3 Å². The fraction of sp³-hybridized carbons (Fsp3) is 0.160. The molecule has 1 aliphatic heterocycles. The molecule has 0 atom stereocenters. The Morgan fingerprint density at radius 3 is 2.50 bits per heavy atom. The number of anilines is 1. The van der Waals surface area contributed by atoms with E-state index in [0.29, 0.717) is 28.6 Å². The minimum absolute atomic E-state index is 0.0931. The Hall–Kier alpha value is -4.40. The van der Waals surface area contributed by atoms with Gasteiger partial charge in [-0.25, -0.2) is 9.07 Å². The molecule has 172 valence electrons. The molecule has 1 aromatic heterocycles. The highest BCUT2D eigenvalue weighted by molar-refractivity contribution is 6.04. The van der Waals surface area contributed by atoms with Crippen LogP contribution in [0.15, 0.2) is 66.7 Å². The Bertz CT molecular complexity index is 1330. The molecule has 1 aliphatic rings. The van der Waals surface area contributed by atoms with Crippen molar-refractivity contribution >= 4 is 11.6 Å². The number of carbonyl (C=O) groups excluding carboxylic acids is 1. The highest BCUT2D eigenvalue weighted by Crippen LogP contribution is 2.36. The van der Waals surface area contributed by atoms with Gasteiger partial charge in [0.25, 0.3) is 5.91 Å². The molecule has 0 aliphatic carbocycles. The SMILES string of the molecule is CC(C)Oc1nc(-c2ccc3c(c2)OCO3)n(-c2ccc(NC(=O)c3ccc(F)cc3)cc2)n1. The first-order valence-corrected chi connectivity index (χ1v) is 10.7. The summed E-state index contributed by atoms with van der Waals surface area (Å²) in [6, 6.07) is 18.3. The Morgan fingerprint density at radius 2 is 1.76 bits per heavy atom. The Kier molecular flexibility index (Phi) is 5.59. The number of hydrogen-bond donors (Lipinski definition) is 1. The predicted molar refractivity (Wildman–Crippen MR) is 123 cm³/mol. The van der Waals surface area contributed by atoms with Crippen LogP contribution in [0.25, 0.3) is 17.1 Å². The van der Waals surface area contributed by atoms with Gasteiger partial charge in [0, 0.05) is 16.8 Å². The van der Waals surface area contributed by atoms with Gasteiger partial charge in [0.05, 0.1) is 11.8 Å². The lowest BCUT2D eigenvalue weighted by molar-refractivity contribution is 0.102. The first-order valence-electron chi connectivity index (χ1n) is 10.7. The molecule has 0 saturated carbocycles. The highest BCUT2D eigenvalue weighted by atomic mass is 19.1. The molecule has 0 spiro atoms. The molecule has 2 heterocycles. The fourth-order valence-corrected chi connectivity index (χ4v) is 3.45. The van der Waals surface area contributed by atoms with Crippen LogP contribution in [0.3, 0.4) is 0 Å². The number of ether oxygens (including phenoxy) is 3. The molecule has 9 heteroatoms. The zero-order valence-corrected chi connectivity index (χ0v) is 18.5. The number of amides is 1. The summed E-state index contributed by atoms with van der Waals surface area (Å²) >= 11 is 0. The van der Waals surface area contributed by atoms with Crippen molar-refractivity contribution in [3.8, 4) is 34.6 Å². The molecule has 4 aromatic rings. The minimum Gasteiger partial charge on any atom is -0.460 e. The van der Waals surface area contributed by atoms with Crippen LogP contribution in [-0.2, 0) is 0 Å². The van der Waals surface area contributed by atoms with Gasteiger partial charge in [-0.15, -0.1) is 5.10 Å². The van der Waals surface area contributed by atoms with E-state index in [1.807, 2.05) is 44.2 Å². The van der Waals surface area contributed by atoms with Crippen LogP contribution < -0.4 is 19.5 Å². The maximum atomic E-state index is 13.1. The molecule has 1 amide bonds. The lowest BCUT2D eigenvalue weighted by Crippen LogP contribution is -2.12. The summed E-state index contributed by atoms with van der Waals surface area (Å²) in [6.07, 6.45) is -0.0931. The molecule has 1 N–H and O–H groups in total. The van der Waals surface area contributed by atoms with E-state index in [9.17, 15) is 9.18 Å². The number of halogens is 1. The second-order valence-corrected chi connectivity index (χ2v) is 7.87. The van der Waals surface area contributed by atoms with Crippen molar-refractivity contribution in [1.82, 2.24) is 14.8 Å². The number of carbonyl (C=O) groups is 1. The highest BCUT2D eigenvalue weighted by Gasteiger charge is 2.20. The molecule has 0 unspecified atom stereocenters. The third-order valence-corrected chi connectivity index (χ3v) is 5.04. The summed E-state index contributed by atoms with van der Waals surface area (Å²) in [5, 5.41) is 7.33. The van der Waals surface area contributed by atoms with Gasteiger partial charge in [0.15, 0.2) is 17.3 Å². The largest absolute Gasteiger partial charge is 0.460 e.